The van der Waals surface area contributed by atoms with E-state index in [9.17, 15) is 4.79 Å². The van der Waals surface area contributed by atoms with Crippen molar-refractivity contribution in [3.63, 3.8) is 0 Å². The summed E-state index contributed by atoms with van der Waals surface area (Å²) in [5.41, 5.74) is 0.844. The molecule has 3 nitrogen and oxygen atoms in total. The van der Waals surface area contributed by atoms with Crippen molar-refractivity contribution in [1.82, 2.24) is 0 Å². The fraction of sp³-hybridized carbons (Fsp3) is 0.462. The minimum atomic E-state index is 0.0926. The number of anilines is 1. The molecule has 1 saturated heterocycles. The summed E-state index contributed by atoms with van der Waals surface area (Å²) in [6.07, 6.45) is 2.58. The van der Waals surface area contributed by atoms with Gasteiger partial charge in [0.15, 0.2) is 0 Å². The molecule has 1 N–H and O–H groups in total. The maximum absolute atomic E-state index is 11.8. The van der Waals surface area contributed by atoms with Crippen LogP contribution in [0.15, 0.2) is 28.7 Å². The summed E-state index contributed by atoms with van der Waals surface area (Å²) in [6.45, 7) is 1.57. The first kappa shape index (κ1) is 12.6. The Morgan fingerprint density at radius 1 is 1.41 bits per heavy atom. The highest BCUT2D eigenvalue weighted by Crippen LogP contribution is 2.20. The van der Waals surface area contributed by atoms with Crippen LogP contribution in [0.4, 0.5) is 5.69 Å². The van der Waals surface area contributed by atoms with E-state index in [0.717, 1.165) is 36.2 Å². The summed E-state index contributed by atoms with van der Waals surface area (Å²) in [4.78, 5) is 11.8. The Bertz CT molecular complexity index is 389. The van der Waals surface area contributed by atoms with Gasteiger partial charge in [0.25, 0.3) is 0 Å². The quantitative estimate of drug-likeness (QED) is 0.930. The summed E-state index contributed by atoms with van der Waals surface area (Å²) in [5.74, 6) is 0.561. The van der Waals surface area contributed by atoms with Gasteiger partial charge in [0.2, 0.25) is 5.91 Å². The summed E-state index contributed by atoms with van der Waals surface area (Å²) >= 11 is 3.38. The number of carbonyl (C=O) groups excluding carboxylic acids is 1. The van der Waals surface area contributed by atoms with E-state index < -0.39 is 0 Å². The predicted molar refractivity (Wildman–Crippen MR) is 70.9 cm³/mol. The van der Waals surface area contributed by atoms with Crippen LogP contribution in [0.25, 0.3) is 0 Å². The molecule has 0 unspecified atom stereocenters. The molecule has 17 heavy (non-hydrogen) atoms. The van der Waals surface area contributed by atoms with Gasteiger partial charge in [0.1, 0.15) is 0 Å². The molecule has 2 rings (SSSR count). The highest BCUT2D eigenvalue weighted by Gasteiger charge is 2.17. The Morgan fingerprint density at radius 2 is 2.18 bits per heavy atom. The lowest BCUT2D eigenvalue weighted by Crippen LogP contribution is -2.22. The molecule has 0 aliphatic carbocycles. The van der Waals surface area contributed by atoms with Crippen LogP contribution in [0.2, 0.25) is 0 Å². The highest BCUT2D eigenvalue weighted by molar-refractivity contribution is 9.10. The van der Waals surface area contributed by atoms with Crippen molar-refractivity contribution < 1.29 is 9.53 Å². The van der Waals surface area contributed by atoms with Gasteiger partial charge in [0.05, 0.1) is 0 Å². The standard InChI is InChI=1S/C13H16BrNO2/c14-11-2-1-3-12(9-11)15-13(16)8-10-4-6-17-7-5-10/h1-3,9-10H,4-8H2,(H,15,16). The third-order valence-electron chi connectivity index (χ3n) is 2.92. The van der Waals surface area contributed by atoms with Gasteiger partial charge >= 0.3 is 0 Å². The van der Waals surface area contributed by atoms with E-state index in [2.05, 4.69) is 21.2 Å². The monoisotopic (exact) mass is 297 g/mol. The molecule has 0 aromatic heterocycles. The third kappa shape index (κ3) is 4.13. The second-order valence-corrected chi connectivity index (χ2v) is 5.23. The summed E-state index contributed by atoms with van der Waals surface area (Å²) in [6, 6.07) is 7.65. The van der Waals surface area contributed by atoms with Crippen LogP contribution >= 0.6 is 15.9 Å². The Morgan fingerprint density at radius 3 is 2.88 bits per heavy atom. The van der Waals surface area contributed by atoms with Crippen LogP contribution in [0, 0.1) is 5.92 Å². The molecule has 0 radical (unpaired) electrons. The van der Waals surface area contributed by atoms with Crippen LogP contribution in [-0.4, -0.2) is 19.1 Å². The molecular weight excluding hydrogens is 282 g/mol. The smallest absolute Gasteiger partial charge is 0.224 e. The zero-order valence-electron chi connectivity index (χ0n) is 9.62. The molecule has 92 valence electrons. The summed E-state index contributed by atoms with van der Waals surface area (Å²) < 4.78 is 6.25. The minimum absolute atomic E-state index is 0.0926. The lowest BCUT2D eigenvalue weighted by atomic mass is 9.96. The summed E-state index contributed by atoms with van der Waals surface area (Å²) in [5, 5.41) is 2.92. The number of amides is 1. The molecular formula is C13H16BrNO2. The Hall–Kier alpha value is -0.870. The average molecular weight is 298 g/mol. The van der Waals surface area contributed by atoms with Gasteiger partial charge in [-0.25, -0.2) is 0 Å². The van der Waals surface area contributed by atoms with Crippen molar-refractivity contribution in [3.05, 3.63) is 28.7 Å². The number of nitrogens with one attached hydrogen (secondary N) is 1. The number of rotatable bonds is 3. The molecule has 1 amide bonds. The second-order valence-electron chi connectivity index (χ2n) is 4.32. The van der Waals surface area contributed by atoms with Crippen LogP contribution < -0.4 is 5.32 Å². The molecule has 0 spiro atoms. The average Bonchev–Trinajstić information content (AvgIpc) is 2.30. The number of hydrogen-bond donors (Lipinski definition) is 1. The van der Waals surface area contributed by atoms with Gasteiger partial charge in [-0.3, -0.25) is 4.79 Å². The van der Waals surface area contributed by atoms with Crippen molar-refractivity contribution in [1.29, 1.82) is 0 Å². The zero-order valence-corrected chi connectivity index (χ0v) is 11.2. The predicted octanol–water partition coefficient (Wildman–Crippen LogP) is 3.20. The molecule has 1 fully saturated rings. The second kappa shape index (κ2) is 6.17. The lowest BCUT2D eigenvalue weighted by molar-refractivity contribution is -0.117. The van der Waals surface area contributed by atoms with Gasteiger partial charge in [-0.1, -0.05) is 22.0 Å². The molecule has 4 heteroatoms. The number of ether oxygens (including phenoxy) is 1. The fourth-order valence-corrected chi connectivity index (χ4v) is 2.39. The summed E-state index contributed by atoms with van der Waals surface area (Å²) in [7, 11) is 0. The largest absolute Gasteiger partial charge is 0.381 e. The SMILES string of the molecule is O=C(CC1CCOCC1)Nc1cccc(Br)c1. The number of benzene rings is 1. The molecule has 1 aromatic carbocycles. The molecule has 0 bridgehead atoms. The first-order valence-electron chi connectivity index (χ1n) is 5.87. The number of hydrogen-bond acceptors (Lipinski definition) is 2. The number of halogens is 1. The van der Waals surface area contributed by atoms with Crippen molar-refractivity contribution in [2.45, 2.75) is 19.3 Å². The molecule has 1 aromatic rings. The van der Waals surface area contributed by atoms with E-state index in [4.69, 9.17) is 4.74 Å². The Kier molecular flexibility index (Phi) is 4.57. The first-order valence-corrected chi connectivity index (χ1v) is 6.66. The molecule has 1 aliphatic rings. The number of carbonyl (C=O) groups is 1. The van der Waals surface area contributed by atoms with Crippen molar-refractivity contribution >= 4 is 27.5 Å². The molecule has 1 heterocycles. The van der Waals surface area contributed by atoms with Gasteiger partial charge in [-0.05, 0) is 37.0 Å². The van der Waals surface area contributed by atoms with Gasteiger partial charge in [-0.2, -0.15) is 0 Å². The van der Waals surface area contributed by atoms with Gasteiger partial charge < -0.3 is 10.1 Å². The van der Waals surface area contributed by atoms with E-state index in [1.54, 1.807) is 0 Å². The normalized spacial score (nSPS) is 16.8. The zero-order chi connectivity index (χ0) is 12.1. The first-order chi connectivity index (χ1) is 8.24. The van der Waals surface area contributed by atoms with Crippen molar-refractivity contribution in [2.24, 2.45) is 5.92 Å². The van der Waals surface area contributed by atoms with Crippen LogP contribution in [0.1, 0.15) is 19.3 Å². The van der Waals surface area contributed by atoms with E-state index in [0.29, 0.717) is 12.3 Å². The third-order valence-corrected chi connectivity index (χ3v) is 3.42. The molecule has 0 saturated carbocycles. The van der Waals surface area contributed by atoms with E-state index in [1.807, 2.05) is 24.3 Å². The highest BCUT2D eigenvalue weighted by atomic mass is 79.9. The van der Waals surface area contributed by atoms with Crippen LogP contribution in [0.5, 0.6) is 0 Å². The van der Waals surface area contributed by atoms with E-state index in [1.165, 1.54) is 0 Å². The molecule has 1 aliphatic heterocycles. The van der Waals surface area contributed by atoms with Crippen LogP contribution in [0.3, 0.4) is 0 Å². The maximum atomic E-state index is 11.8. The van der Waals surface area contributed by atoms with Crippen LogP contribution in [-0.2, 0) is 9.53 Å². The molecule has 0 atom stereocenters. The van der Waals surface area contributed by atoms with Crippen molar-refractivity contribution in [2.75, 3.05) is 18.5 Å². The van der Waals surface area contributed by atoms with E-state index >= 15 is 0 Å². The van der Waals surface area contributed by atoms with E-state index in [-0.39, 0.29) is 5.91 Å². The van der Waals surface area contributed by atoms with Gasteiger partial charge in [-0.15, -0.1) is 0 Å². The minimum Gasteiger partial charge on any atom is -0.381 e. The topological polar surface area (TPSA) is 38.3 Å². The lowest BCUT2D eigenvalue weighted by Gasteiger charge is -2.21. The fourth-order valence-electron chi connectivity index (χ4n) is 1.99. The van der Waals surface area contributed by atoms with Gasteiger partial charge in [0, 0.05) is 29.8 Å². The Labute approximate surface area is 110 Å². The Balaban J connectivity index is 1.84. The van der Waals surface area contributed by atoms with Crippen molar-refractivity contribution in [3.8, 4) is 0 Å². The maximum Gasteiger partial charge on any atom is 0.224 e.